The third kappa shape index (κ3) is 2.38. The van der Waals surface area contributed by atoms with Gasteiger partial charge in [0.15, 0.2) is 0 Å². The molecule has 0 radical (unpaired) electrons. The molecule has 0 atom stereocenters. The summed E-state index contributed by atoms with van der Waals surface area (Å²) in [7, 11) is 0. The van der Waals surface area contributed by atoms with Gasteiger partial charge in [-0.1, -0.05) is 19.1 Å². The molecule has 0 bridgehead atoms. The standard InChI is InChI=1S/C15H18N4/c1-2-6-15-17-13-7-3-4-8-14(13)19(15)12-11-18-10-5-9-16-18/h3-5,7-10H,2,6,11-12H2,1H3. The second-order valence-electron chi connectivity index (χ2n) is 4.69. The van der Waals surface area contributed by atoms with Crippen LogP contribution in [0, 0.1) is 0 Å². The molecule has 0 aliphatic heterocycles. The summed E-state index contributed by atoms with van der Waals surface area (Å²) in [6, 6.07) is 10.3. The van der Waals surface area contributed by atoms with Crippen LogP contribution in [0.2, 0.25) is 0 Å². The van der Waals surface area contributed by atoms with E-state index in [0.29, 0.717) is 0 Å². The highest BCUT2D eigenvalue weighted by Gasteiger charge is 2.09. The first kappa shape index (κ1) is 12.0. The van der Waals surface area contributed by atoms with Gasteiger partial charge in [-0.2, -0.15) is 5.10 Å². The molecule has 2 aromatic heterocycles. The Balaban J connectivity index is 1.92. The number of hydrogen-bond acceptors (Lipinski definition) is 2. The van der Waals surface area contributed by atoms with E-state index in [1.807, 2.05) is 29.2 Å². The molecule has 0 spiro atoms. The number of nitrogens with zero attached hydrogens (tertiary/aromatic N) is 4. The van der Waals surface area contributed by atoms with Crippen LogP contribution in [-0.2, 0) is 19.5 Å². The van der Waals surface area contributed by atoms with Crippen LogP contribution in [0.3, 0.4) is 0 Å². The van der Waals surface area contributed by atoms with Gasteiger partial charge < -0.3 is 4.57 Å². The molecule has 3 aromatic rings. The van der Waals surface area contributed by atoms with Crippen LogP contribution in [0.5, 0.6) is 0 Å². The molecule has 4 heteroatoms. The van der Waals surface area contributed by atoms with Gasteiger partial charge in [0.25, 0.3) is 0 Å². The molecule has 4 nitrogen and oxygen atoms in total. The van der Waals surface area contributed by atoms with E-state index in [4.69, 9.17) is 4.98 Å². The topological polar surface area (TPSA) is 35.6 Å². The van der Waals surface area contributed by atoms with Gasteiger partial charge in [0.1, 0.15) is 5.82 Å². The molecule has 0 saturated heterocycles. The van der Waals surface area contributed by atoms with Crippen LogP contribution in [0.1, 0.15) is 19.2 Å². The van der Waals surface area contributed by atoms with E-state index < -0.39 is 0 Å². The van der Waals surface area contributed by atoms with E-state index in [2.05, 4.69) is 34.8 Å². The highest BCUT2D eigenvalue weighted by Crippen LogP contribution is 2.17. The molecule has 0 N–H and O–H groups in total. The Morgan fingerprint density at radius 3 is 2.79 bits per heavy atom. The number of rotatable bonds is 5. The molecule has 0 saturated carbocycles. The van der Waals surface area contributed by atoms with Crippen molar-refractivity contribution in [2.24, 2.45) is 0 Å². The van der Waals surface area contributed by atoms with E-state index in [1.165, 1.54) is 11.3 Å². The minimum Gasteiger partial charge on any atom is -0.326 e. The molecule has 1 aromatic carbocycles. The zero-order chi connectivity index (χ0) is 13.1. The zero-order valence-corrected chi connectivity index (χ0v) is 11.2. The molecule has 19 heavy (non-hydrogen) atoms. The summed E-state index contributed by atoms with van der Waals surface area (Å²) in [4.78, 5) is 4.74. The Bertz CT molecular complexity index is 652. The van der Waals surface area contributed by atoms with Crippen molar-refractivity contribution >= 4 is 11.0 Å². The zero-order valence-electron chi connectivity index (χ0n) is 11.2. The van der Waals surface area contributed by atoms with Crippen LogP contribution in [0.25, 0.3) is 11.0 Å². The predicted octanol–water partition coefficient (Wildman–Crippen LogP) is 2.89. The Morgan fingerprint density at radius 2 is 2.00 bits per heavy atom. The molecule has 0 aliphatic carbocycles. The molecule has 0 aliphatic rings. The van der Waals surface area contributed by atoms with Crippen molar-refractivity contribution in [1.29, 1.82) is 0 Å². The first-order valence-electron chi connectivity index (χ1n) is 6.80. The van der Waals surface area contributed by atoms with Crippen molar-refractivity contribution in [3.63, 3.8) is 0 Å². The fraction of sp³-hybridized carbons (Fsp3) is 0.333. The minimum absolute atomic E-state index is 0.879. The summed E-state index contributed by atoms with van der Waals surface area (Å²) in [5.41, 5.74) is 2.31. The minimum atomic E-state index is 0.879. The van der Waals surface area contributed by atoms with Gasteiger partial charge in [0.2, 0.25) is 0 Å². The van der Waals surface area contributed by atoms with Crippen molar-refractivity contribution in [2.45, 2.75) is 32.9 Å². The SMILES string of the molecule is CCCc1nc2ccccc2n1CCn1cccn1. The van der Waals surface area contributed by atoms with Gasteiger partial charge >= 0.3 is 0 Å². The number of imidazole rings is 1. The number of aromatic nitrogens is 4. The Morgan fingerprint density at radius 1 is 1.11 bits per heavy atom. The van der Waals surface area contributed by atoms with Crippen molar-refractivity contribution in [3.8, 4) is 0 Å². The number of hydrogen-bond donors (Lipinski definition) is 0. The average molecular weight is 254 g/mol. The van der Waals surface area contributed by atoms with E-state index in [-0.39, 0.29) is 0 Å². The maximum atomic E-state index is 4.74. The van der Waals surface area contributed by atoms with Crippen molar-refractivity contribution < 1.29 is 0 Å². The maximum absolute atomic E-state index is 4.74. The predicted molar refractivity (Wildman–Crippen MR) is 76.0 cm³/mol. The van der Waals surface area contributed by atoms with Crippen molar-refractivity contribution in [2.75, 3.05) is 0 Å². The fourth-order valence-electron chi connectivity index (χ4n) is 2.42. The van der Waals surface area contributed by atoms with Crippen LogP contribution in [-0.4, -0.2) is 19.3 Å². The average Bonchev–Trinajstić information content (AvgIpc) is 3.04. The van der Waals surface area contributed by atoms with Crippen LogP contribution in [0.4, 0.5) is 0 Å². The maximum Gasteiger partial charge on any atom is 0.109 e. The Hall–Kier alpha value is -2.10. The van der Waals surface area contributed by atoms with Crippen LogP contribution < -0.4 is 0 Å². The van der Waals surface area contributed by atoms with Gasteiger partial charge in [0, 0.05) is 25.4 Å². The molecule has 3 rings (SSSR count). The molecule has 98 valence electrons. The molecular weight excluding hydrogens is 236 g/mol. The summed E-state index contributed by atoms with van der Waals surface area (Å²) in [5.74, 6) is 1.18. The first-order chi connectivity index (χ1) is 9.38. The summed E-state index contributed by atoms with van der Waals surface area (Å²) in [5, 5.41) is 4.25. The van der Waals surface area contributed by atoms with Crippen molar-refractivity contribution in [1.82, 2.24) is 19.3 Å². The van der Waals surface area contributed by atoms with E-state index >= 15 is 0 Å². The van der Waals surface area contributed by atoms with Crippen LogP contribution in [0.15, 0.2) is 42.7 Å². The van der Waals surface area contributed by atoms with E-state index in [0.717, 1.165) is 31.4 Å². The van der Waals surface area contributed by atoms with Gasteiger partial charge in [-0.25, -0.2) is 4.98 Å². The lowest BCUT2D eigenvalue weighted by molar-refractivity contribution is 0.527. The molecule has 2 heterocycles. The summed E-state index contributed by atoms with van der Waals surface area (Å²) >= 11 is 0. The Kier molecular flexibility index (Phi) is 3.31. The monoisotopic (exact) mass is 254 g/mol. The van der Waals surface area contributed by atoms with E-state index in [1.54, 1.807) is 0 Å². The van der Waals surface area contributed by atoms with Crippen LogP contribution >= 0.6 is 0 Å². The van der Waals surface area contributed by atoms with E-state index in [9.17, 15) is 0 Å². The van der Waals surface area contributed by atoms with Crippen molar-refractivity contribution in [3.05, 3.63) is 48.5 Å². The quantitative estimate of drug-likeness (QED) is 0.702. The third-order valence-electron chi connectivity index (χ3n) is 3.32. The summed E-state index contributed by atoms with van der Waals surface area (Å²) in [6.45, 7) is 3.98. The highest BCUT2D eigenvalue weighted by atomic mass is 15.3. The molecule has 0 amide bonds. The van der Waals surface area contributed by atoms with Gasteiger partial charge in [-0.3, -0.25) is 4.68 Å². The summed E-state index contributed by atoms with van der Waals surface area (Å²) in [6.07, 6.45) is 5.95. The summed E-state index contributed by atoms with van der Waals surface area (Å²) < 4.78 is 4.28. The lowest BCUT2D eigenvalue weighted by Crippen LogP contribution is -2.10. The Labute approximate surface area is 112 Å². The number of fused-ring (bicyclic) bond motifs is 1. The molecule has 0 unspecified atom stereocenters. The lowest BCUT2D eigenvalue weighted by Gasteiger charge is -2.08. The number of benzene rings is 1. The highest BCUT2D eigenvalue weighted by molar-refractivity contribution is 5.75. The normalized spacial score (nSPS) is 11.2. The lowest BCUT2D eigenvalue weighted by atomic mass is 10.3. The second kappa shape index (κ2) is 5.26. The van der Waals surface area contributed by atoms with Gasteiger partial charge in [-0.05, 0) is 24.6 Å². The fourth-order valence-corrected chi connectivity index (χ4v) is 2.42. The van der Waals surface area contributed by atoms with Gasteiger partial charge in [0.05, 0.1) is 17.6 Å². The first-order valence-corrected chi connectivity index (χ1v) is 6.80. The number of aryl methyl sites for hydroxylation is 3. The second-order valence-corrected chi connectivity index (χ2v) is 4.69. The number of para-hydroxylation sites is 2. The third-order valence-corrected chi connectivity index (χ3v) is 3.32. The molecule has 0 fully saturated rings. The van der Waals surface area contributed by atoms with Gasteiger partial charge in [-0.15, -0.1) is 0 Å². The molecular formula is C15H18N4. The smallest absolute Gasteiger partial charge is 0.109 e. The largest absolute Gasteiger partial charge is 0.326 e.